The van der Waals surface area contributed by atoms with Crippen molar-refractivity contribution >= 4 is 15.7 Å². The average Bonchev–Trinajstić information content (AvgIpc) is 2.37. The lowest BCUT2D eigenvalue weighted by molar-refractivity contribution is -0.135. The monoisotopic (exact) mass is 289 g/mol. The van der Waals surface area contributed by atoms with Gasteiger partial charge in [-0.15, -0.1) is 0 Å². The zero-order chi connectivity index (χ0) is 14.0. The molecule has 1 aliphatic heterocycles. The number of nitrogens with zero attached hydrogens (tertiary/aromatic N) is 1. The first kappa shape index (κ1) is 14.8. The van der Waals surface area contributed by atoms with Gasteiger partial charge in [0.15, 0.2) is 9.84 Å². The fourth-order valence-corrected chi connectivity index (χ4v) is 5.06. The summed E-state index contributed by atoms with van der Waals surface area (Å²) in [7, 11) is -1.67. The Hall–Kier alpha value is -0.620. The van der Waals surface area contributed by atoms with E-state index in [0.717, 1.165) is 25.7 Å². The molecular formula is C13H23NO4S. The molecule has 0 spiro atoms. The normalized spacial score (nSPS) is 34.7. The first-order valence-corrected chi connectivity index (χ1v) is 8.81. The van der Waals surface area contributed by atoms with E-state index in [4.69, 9.17) is 0 Å². The predicted octanol–water partition coefficient (Wildman–Crippen LogP) is 0.716. The molecule has 1 amide bonds. The fraction of sp³-hybridized carbons (Fsp3) is 0.923. The average molecular weight is 289 g/mol. The van der Waals surface area contributed by atoms with Crippen LogP contribution in [0.1, 0.15) is 44.9 Å². The number of aliphatic hydroxyl groups excluding tert-OH is 1. The summed E-state index contributed by atoms with van der Waals surface area (Å²) in [5, 5.41) is 9.08. The van der Waals surface area contributed by atoms with E-state index in [9.17, 15) is 18.3 Å². The molecule has 0 aromatic rings. The van der Waals surface area contributed by atoms with Crippen LogP contribution in [0.4, 0.5) is 0 Å². The number of carbonyl (C=O) groups excluding carboxylic acids is 1. The van der Waals surface area contributed by atoms with E-state index in [2.05, 4.69) is 0 Å². The SMILES string of the molecule is CN(C(=O)C1CCCCS1(=O)=O)C1CCCCC1O. The lowest BCUT2D eigenvalue weighted by atomic mass is 9.91. The number of amides is 1. The van der Waals surface area contributed by atoms with Crippen LogP contribution >= 0.6 is 0 Å². The standard InChI is InChI=1S/C13H23NO4S/c1-14(10-6-2-3-7-11(10)15)13(16)12-8-4-5-9-19(12,17)18/h10-12,15H,2-9H2,1H3. The third-order valence-corrected chi connectivity index (χ3v) is 6.56. The van der Waals surface area contributed by atoms with Crippen LogP contribution in [0.2, 0.25) is 0 Å². The van der Waals surface area contributed by atoms with Gasteiger partial charge in [-0.3, -0.25) is 4.79 Å². The highest BCUT2D eigenvalue weighted by atomic mass is 32.2. The number of rotatable bonds is 2. The molecule has 1 saturated heterocycles. The molecule has 2 rings (SSSR count). The van der Waals surface area contributed by atoms with Crippen molar-refractivity contribution in [3.8, 4) is 0 Å². The first-order chi connectivity index (χ1) is 8.93. The molecule has 2 aliphatic rings. The lowest BCUT2D eigenvalue weighted by Gasteiger charge is -2.37. The highest BCUT2D eigenvalue weighted by molar-refractivity contribution is 7.92. The highest BCUT2D eigenvalue weighted by Crippen LogP contribution is 2.26. The minimum Gasteiger partial charge on any atom is -0.391 e. The zero-order valence-electron chi connectivity index (χ0n) is 11.4. The molecule has 3 unspecified atom stereocenters. The van der Waals surface area contributed by atoms with E-state index < -0.39 is 21.2 Å². The molecule has 2 fully saturated rings. The number of likely N-dealkylation sites (N-methyl/N-ethyl adjacent to an activating group) is 1. The Kier molecular flexibility index (Phi) is 4.50. The van der Waals surface area contributed by atoms with Gasteiger partial charge in [0.1, 0.15) is 5.25 Å². The molecule has 1 saturated carbocycles. The van der Waals surface area contributed by atoms with Gasteiger partial charge in [-0.1, -0.05) is 19.3 Å². The van der Waals surface area contributed by atoms with Crippen molar-refractivity contribution in [1.29, 1.82) is 0 Å². The largest absolute Gasteiger partial charge is 0.391 e. The van der Waals surface area contributed by atoms with E-state index in [1.807, 2.05) is 0 Å². The summed E-state index contributed by atoms with van der Waals surface area (Å²) in [5.41, 5.74) is 0. The number of sulfone groups is 1. The third kappa shape index (κ3) is 3.11. The van der Waals surface area contributed by atoms with Gasteiger partial charge in [0.05, 0.1) is 17.9 Å². The van der Waals surface area contributed by atoms with Gasteiger partial charge in [-0.05, 0) is 25.7 Å². The summed E-state index contributed by atoms with van der Waals surface area (Å²) in [6, 6.07) is -0.224. The highest BCUT2D eigenvalue weighted by Gasteiger charge is 2.39. The van der Waals surface area contributed by atoms with Crippen LogP contribution in [0.5, 0.6) is 0 Å². The summed E-state index contributed by atoms with van der Waals surface area (Å²) in [6.07, 6.45) is 4.76. The summed E-state index contributed by atoms with van der Waals surface area (Å²) < 4.78 is 24.0. The fourth-order valence-electron chi connectivity index (χ4n) is 3.17. The van der Waals surface area contributed by atoms with E-state index in [0.29, 0.717) is 19.3 Å². The summed E-state index contributed by atoms with van der Waals surface area (Å²) in [4.78, 5) is 13.9. The molecule has 1 heterocycles. The second-order valence-corrected chi connectivity index (χ2v) is 8.02. The Labute approximate surface area is 114 Å². The molecule has 0 radical (unpaired) electrons. The van der Waals surface area contributed by atoms with Crippen LogP contribution in [-0.4, -0.2) is 54.5 Å². The second-order valence-electron chi connectivity index (χ2n) is 5.72. The van der Waals surface area contributed by atoms with Crippen LogP contribution in [0.3, 0.4) is 0 Å². The van der Waals surface area contributed by atoms with E-state index in [-0.39, 0.29) is 17.7 Å². The number of carbonyl (C=O) groups is 1. The second kappa shape index (κ2) is 5.79. The van der Waals surface area contributed by atoms with Crippen LogP contribution in [0.25, 0.3) is 0 Å². The predicted molar refractivity (Wildman–Crippen MR) is 72.5 cm³/mol. The Morgan fingerprint density at radius 2 is 1.74 bits per heavy atom. The van der Waals surface area contributed by atoms with Gasteiger partial charge in [0, 0.05) is 7.05 Å². The number of hydrogen-bond donors (Lipinski definition) is 1. The molecule has 1 N–H and O–H groups in total. The lowest BCUT2D eigenvalue weighted by Crippen LogP contribution is -2.52. The Balaban J connectivity index is 2.09. The number of aliphatic hydroxyl groups is 1. The van der Waals surface area contributed by atoms with Crippen molar-refractivity contribution in [2.45, 2.75) is 62.3 Å². The molecule has 3 atom stereocenters. The van der Waals surface area contributed by atoms with E-state index >= 15 is 0 Å². The van der Waals surface area contributed by atoms with Crippen molar-refractivity contribution in [3.63, 3.8) is 0 Å². The van der Waals surface area contributed by atoms with Gasteiger partial charge in [0.2, 0.25) is 5.91 Å². The molecule has 6 heteroatoms. The van der Waals surface area contributed by atoms with Gasteiger partial charge in [0.25, 0.3) is 0 Å². The maximum atomic E-state index is 12.4. The van der Waals surface area contributed by atoms with Gasteiger partial charge >= 0.3 is 0 Å². The first-order valence-electron chi connectivity index (χ1n) is 7.10. The van der Waals surface area contributed by atoms with Crippen LogP contribution in [0, 0.1) is 0 Å². The Bertz CT molecular complexity index is 434. The van der Waals surface area contributed by atoms with E-state index in [1.54, 1.807) is 7.05 Å². The summed E-state index contributed by atoms with van der Waals surface area (Å²) in [6.45, 7) is 0. The van der Waals surface area contributed by atoms with Gasteiger partial charge < -0.3 is 10.0 Å². The number of hydrogen-bond acceptors (Lipinski definition) is 4. The molecular weight excluding hydrogens is 266 g/mol. The summed E-state index contributed by atoms with van der Waals surface area (Å²) >= 11 is 0. The molecule has 0 aromatic heterocycles. The summed E-state index contributed by atoms with van der Waals surface area (Å²) in [5.74, 6) is -0.213. The van der Waals surface area contributed by atoms with Gasteiger partial charge in [-0.25, -0.2) is 8.42 Å². The quantitative estimate of drug-likeness (QED) is 0.812. The minimum atomic E-state index is -3.30. The molecule has 19 heavy (non-hydrogen) atoms. The Morgan fingerprint density at radius 1 is 1.11 bits per heavy atom. The zero-order valence-corrected chi connectivity index (χ0v) is 12.2. The van der Waals surface area contributed by atoms with Crippen molar-refractivity contribution in [1.82, 2.24) is 4.90 Å². The maximum Gasteiger partial charge on any atom is 0.240 e. The van der Waals surface area contributed by atoms with Crippen molar-refractivity contribution < 1.29 is 18.3 Å². The van der Waals surface area contributed by atoms with Crippen molar-refractivity contribution in [2.75, 3.05) is 12.8 Å². The molecule has 0 bridgehead atoms. The van der Waals surface area contributed by atoms with Crippen molar-refractivity contribution in [2.24, 2.45) is 0 Å². The molecule has 0 aromatic carbocycles. The van der Waals surface area contributed by atoms with Crippen LogP contribution in [0.15, 0.2) is 0 Å². The third-order valence-electron chi connectivity index (χ3n) is 4.39. The van der Waals surface area contributed by atoms with Gasteiger partial charge in [-0.2, -0.15) is 0 Å². The van der Waals surface area contributed by atoms with E-state index in [1.165, 1.54) is 4.90 Å². The molecule has 5 nitrogen and oxygen atoms in total. The molecule has 110 valence electrons. The topological polar surface area (TPSA) is 74.7 Å². The minimum absolute atomic E-state index is 0.116. The van der Waals surface area contributed by atoms with Crippen molar-refractivity contribution in [3.05, 3.63) is 0 Å². The maximum absolute atomic E-state index is 12.4. The molecule has 1 aliphatic carbocycles. The Morgan fingerprint density at radius 3 is 2.37 bits per heavy atom. The van der Waals surface area contributed by atoms with Crippen LogP contribution in [-0.2, 0) is 14.6 Å². The van der Waals surface area contributed by atoms with Crippen LogP contribution < -0.4 is 0 Å². The smallest absolute Gasteiger partial charge is 0.240 e.